The number of carbonyl (C=O) groups is 2. The van der Waals surface area contributed by atoms with E-state index in [2.05, 4.69) is 20.8 Å². The summed E-state index contributed by atoms with van der Waals surface area (Å²) in [6.07, 6.45) is 2.35. The molecule has 3 aromatic rings. The molecule has 0 radical (unpaired) electrons. The van der Waals surface area contributed by atoms with E-state index in [0.717, 1.165) is 5.56 Å². The number of fused-ring (bicyclic) bond motifs is 1. The summed E-state index contributed by atoms with van der Waals surface area (Å²) in [6.45, 7) is 0.141. The predicted molar refractivity (Wildman–Crippen MR) is 111 cm³/mol. The van der Waals surface area contributed by atoms with Crippen molar-refractivity contribution in [2.24, 2.45) is 0 Å². The molecule has 0 bridgehead atoms. The van der Waals surface area contributed by atoms with Crippen LogP contribution >= 0.6 is 0 Å². The van der Waals surface area contributed by atoms with Crippen LogP contribution in [0.5, 0.6) is 5.75 Å². The number of aromatic nitrogens is 3. The SMILES string of the molecule is CNC(=O)c1cc(C(=O)NCCn2cnnc2)cc2c1OC(CF)C2c1ccccc1. The van der Waals surface area contributed by atoms with Crippen LogP contribution in [0.1, 0.15) is 37.8 Å². The third-order valence-corrected chi connectivity index (χ3v) is 5.26. The van der Waals surface area contributed by atoms with Crippen molar-refractivity contribution in [1.82, 2.24) is 25.4 Å². The molecule has 0 saturated heterocycles. The van der Waals surface area contributed by atoms with Gasteiger partial charge in [0.1, 0.15) is 31.2 Å². The molecular weight excluding hydrogens is 401 g/mol. The van der Waals surface area contributed by atoms with E-state index in [1.807, 2.05) is 30.3 Å². The summed E-state index contributed by atoms with van der Waals surface area (Å²) < 4.78 is 21.5. The largest absolute Gasteiger partial charge is 0.486 e. The molecule has 0 saturated carbocycles. The first-order valence-corrected chi connectivity index (χ1v) is 9.90. The normalized spacial score (nSPS) is 17.0. The number of rotatable bonds is 7. The zero-order valence-corrected chi connectivity index (χ0v) is 16.9. The first-order chi connectivity index (χ1) is 15.1. The molecule has 8 nitrogen and oxygen atoms in total. The first-order valence-electron chi connectivity index (χ1n) is 9.90. The van der Waals surface area contributed by atoms with Crippen LogP contribution < -0.4 is 15.4 Å². The molecule has 2 aromatic carbocycles. The Kier molecular flexibility index (Phi) is 5.92. The molecule has 2 N–H and O–H groups in total. The highest BCUT2D eigenvalue weighted by atomic mass is 19.1. The van der Waals surface area contributed by atoms with Gasteiger partial charge in [-0.3, -0.25) is 9.59 Å². The molecule has 2 heterocycles. The Morgan fingerprint density at radius 3 is 2.55 bits per heavy atom. The van der Waals surface area contributed by atoms with Crippen molar-refractivity contribution < 1.29 is 18.7 Å². The van der Waals surface area contributed by atoms with Crippen LogP contribution in [0.25, 0.3) is 0 Å². The quantitative estimate of drug-likeness (QED) is 0.605. The molecule has 0 aliphatic carbocycles. The number of amides is 2. The predicted octanol–water partition coefficient (Wildman–Crippen LogP) is 1.93. The molecule has 9 heteroatoms. The standard InChI is InChI=1S/C22H22FN5O3/c1-24-22(30)17-10-15(21(29)25-7-8-28-12-26-27-13-28)9-16-19(14-5-3-2-4-6-14)18(11-23)31-20(16)17/h2-6,9-10,12-13,18-19H,7-8,11H2,1H3,(H,24,30)(H,25,29). The average Bonchev–Trinajstić information content (AvgIpc) is 3.45. The Hall–Kier alpha value is -3.75. The second-order valence-electron chi connectivity index (χ2n) is 7.18. The summed E-state index contributed by atoms with van der Waals surface area (Å²) in [7, 11) is 1.50. The number of hydrogen-bond acceptors (Lipinski definition) is 5. The molecule has 1 aliphatic heterocycles. The Bertz CT molecular complexity index is 1070. The number of halogens is 1. The fourth-order valence-electron chi connectivity index (χ4n) is 3.78. The van der Waals surface area contributed by atoms with Crippen LogP contribution in [-0.4, -0.2) is 52.9 Å². The maximum Gasteiger partial charge on any atom is 0.254 e. The summed E-state index contributed by atoms with van der Waals surface area (Å²) in [4.78, 5) is 25.4. The monoisotopic (exact) mass is 423 g/mol. The van der Waals surface area contributed by atoms with Gasteiger partial charge in [0.15, 0.2) is 0 Å². The van der Waals surface area contributed by atoms with Gasteiger partial charge in [0.2, 0.25) is 0 Å². The van der Waals surface area contributed by atoms with Crippen LogP contribution in [0.3, 0.4) is 0 Å². The van der Waals surface area contributed by atoms with Crippen molar-refractivity contribution in [3.8, 4) is 5.75 Å². The lowest BCUT2D eigenvalue weighted by molar-refractivity contribution is 0.0952. The van der Waals surface area contributed by atoms with Gasteiger partial charge in [-0.05, 0) is 17.7 Å². The minimum atomic E-state index is -0.771. The lowest BCUT2D eigenvalue weighted by Crippen LogP contribution is -2.28. The molecule has 0 fully saturated rings. The summed E-state index contributed by atoms with van der Waals surface area (Å²) in [5, 5.41) is 12.8. The molecule has 4 rings (SSSR count). The van der Waals surface area contributed by atoms with E-state index in [9.17, 15) is 14.0 Å². The van der Waals surface area contributed by atoms with E-state index in [-0.39, 0.29) is 11.5 Å². The van der Waals surface area contributed by atoms with Gasteiger partial charge in [0.05, 0.1) is 11.5 Å². The number of carbonyl (C=O) groups excluding carboxylic acids is 2. The highest BCUT2D eigenvalue weighted by Crippen LogP contribution is 2.45. The minimum absolute atomic E-state index is 0.209. The second-order valence-corrected chi connectivity index (χ2v) is 7.18. The summed E-state index contributed by atoms with van der Waals surface area (Å²) in [5.74, 6) is -0.843. The van der Waals surface area contributed by atoms with Gasteiger partial charge in [-0.2, -0.15) is 0 Å². The summed E-state index contributed by atoms with van der Waals surface area (Å²) >= 11 is 0. The molecule has 2 amide bonds. The maximum absolute atomic E-state index is 13.9. The molecule has 1 aliphatic rings. The number of benzene rings is 2. The minimum Gasteiger partial charge on any atom is -0.486 e. The zero-order valence-electron chi connectivity index (χ0n) is 16.9. The maximum atomic E-state index is 13.9. The van der Waals surface area contributed by atoms with E-state index < -0.39 is 24.6 Å². The number of ether oxygens (including phenoxy) is 1. The first kappa shape index (κ1) is 20.5. The van der Waals surface area contributed by atoms with Gasteiger partial charge in [0, 0.05) is 31.3 Å². The molecule has 1 aromatic heterocycles. The van der Waals surface area contributed by atoms with Crippen molar-refractivity contribution >= 4 is 11.8 Å². The van der Waals surface area contributed by atoms with Crippen LogP contribution in [0.4, 0.5) is 4.39 Å². The van der Waals surface area contributed by atoms with Crippen molar-refractivity contribution in [1.29, 1.82) is 0 Å². The van der Waals surface area contributed by atoms with Crippen molar-refractivity contribution in [2.45, 2.75) is 18.6 Å². The van der Waals surface area contributed by atoms with Crippen LogP contribution in [0.15, 0.2) is 55.1 Å². The molecule has 160 valence electrons. The van der Waals surface area contributed by atoms with Gasteiger partial charge >= 0.3 is 0 Å². The number of nitrogens with zero attached hydrogens (tertiary/aromatic N) is 3. The topological polar surface area (TPSA) is 98.1 Å². The summed E-state index contributed by atoms with van der Waals surface area (Å²) in [6, 6.07) is 12.5. The highest BCUT2D eigenvalue weighted by Gasteiger charge is 2.39. The average molecular weight is 423 g/mol. The molecular formula is C22H22FN5O3. The van der Waals surface area contributed by atoms with E-state index in [1.54, 1.807) is 23.3 Å². The van der Waals surface area contributed by atoms with Gasteiger partial charge in [-0.1, -0.05) is 30.3 Å². The highest BCUT2D eigenvalue weighted by molar-refractivity contribution is 6.02. The van der Waals surface area contributed by atoms with Crippen molar-refractivity contribution in [3.05, 3.63) is 77.4 Å². The third kappa shape index (κ3) is 4.11. The van der Waals surface area contributed by atoms with Gasteiger partial charge in [-0.25, -0.2) is 4.39 Å². The fourth-order valence-corrected chi connectivity index (χ4v) is 3.78. The number of alkyl halides is 1. The van der Waals surface area contributed by atoms with E-state index in [0.29, 0.717) is 30.0 Å². The van der Waals surface area contributed by atoms with E-state index >= 15 is 0 Å². The van der Waals surface area contributed by atoms with Crippen molar-refractivity contribution in [2.75, 3.05) is 20.3 Å². The van der Waals surface area contributed by atoms with Gasteiger partial charge in [-0.15, -0.1) is 10.2 Å². The van der Waals surface area contributed by atoms with E-state index in [4.69, 9.17) is 4.74 Å². The lowest BCUT2D eigenvalue weighted by Gasteiger charge is -2.16. The van der Waals surface area contributed by atoms with Crippen LogP contribution in [0, 0.1) is 0 Å². The van der Waals surface area contributed by atoms with Crippen LogP contribution in [-0.2, 0) is 6.54 Å². The van der Waals surface area contributed by atoms with Crippen molar-refractivity contribution in [3.63, 3.8) is 0 Å². The number of nitrogens with one attached hydrogen (secondary N) is 2. The Balaban J connectivity index is 1.68. The lowest BCUT2D eigenvalue weighted by atomic mass is 9.86. The van der Waals surface area contributed by atoms with Crippen LogP contribution in [0.2, 0.25) is 0 Å². The molecule has 31 heavy (non-hydrogen) atoms. The third-order valence-electron chi connectivity index (χ3n) is 5.26. The number of hydrogen-bond donors (Lipinski definition) is 2. The Morgan fingerprint density at radius 2 is 1.87 bits per heavy atom. The molecule has 0 spiro atoms. The van der Waals surface area contributed by atoms with E-state index in [1.165, 1.54) is 13.1 Å². The Labute approximate surface area is 178 Å². The van der Waals surface area contributed by atoms with Gasteiger partial charge in [0.25, 0.3) is 11.8 Å². The second kappa shape index (κ2) is 8.95. The summed E-state index contributed by atoms with van der Waals surface area (Å²) in [5.41, 5.74) is 2.00. The smallest absolute Gasteiger partial charge is 0.254 e. The fraction of sp³-hybridized carbons (Fsp3) is 0.273. The Morgan fingerprint density at radius 1 is 1.13 bits per heavy atom. The zero-order chi connectivity index (χ0) is 21.8. The van der Waals surface area contributed by atoms with Gasteiger partial charge < -0.3 is 19.9 Å². The molecule has 2 atom stereocenters. The molecule has 2 unspecified atom stereocenters.